The summed E-state index contributed by atoms with van der Waals surface area (Å²) >= 11 is 0. The Hall–Kier alpha value is -2.53. The monoisotopic (exact) mass is 395 g/mol. The Balaban J connectivity index is 1.65. The predicted molar refractivity (Wildman–Crippen MR) is 89.6 cm³/mol. The van der Waals surface area contributed by atoms with Gasteiger partial charge in [-0.25, -0.2) is 23.1 Å². The molecule has 0 radical (unpaired) electrons. The Bertz CT molecular complexity index is 1010. The van der Waals surface area contributed by atoms with Gasteiger partial charge in [0.15, 0.2) is 17.9 Å². The Morgan fingerprint density at radius 3 is 2.61 bits per heavy atom. The van der Waals surface area contributed by atoms with Crippen LogP contribution in [0.5, 0.6) is 0 Å². The highest BCUT2D eigenvalue weighted by atomic mass is 19.2. The van der Waals surface area contributed by atoms with E-state index < -0.39 is 49.0 Å². The first kappa shape index (κ1) is 18.8. The summed E-state index contributed by atoms with van der Waals surface area (Å²) < 4.78 is 46.7. The molecule has 148 valence electrons. The van der Waals surface area contributed by atoms with Gasteiger partial charge in [0.05, 0.1) is 5.69 Å². The number of nitrogens with zero attached hydrogens (tertiary/aromatic N) is 3. The van der Waals surface area contributed by atoms with Gasteiger partial charge < -0.3 is 24.6 Å². The van der Waals surface area contributed by atoms with Crippen molar-refractivity contribution in [3.05, 3.63) is 59.7 Å². The molecule has 3 aromatic rings. The van der Waals surface area contributed by atoms with Gasteiger partial charge in [0.2, 0.25) is 0 Å². The molecule has 0 bridgehead atoms. The van der Waals surface area contributed by atoms with Crippen molar-refractivity contribution in [1.29, 1.82) is 0 Å². The van der Waals surface area contributed by atoms with Crippen molar-refractivity contribution in [1.82, 2.24) is 14.5 Å². The third kappa shape index (κ3) is 2.94. The van der Waals surface area contributed by atoms with Gasteiger partial charge in [0, 0.05) is 11.6 Å². The third-order valence-corrected chi connectivity index (χ3v) is 4.86. The molecule has 4 rings (SSSR count). The van der Waals surface area contributed by atoms with Crippen LogP contribution < -0.4 is 0 Å². The summed E-state index contributed by atoms with van der Waals surface area (Å²) in [7, 11) is 0. The van der Waals surface area contributed by atoms with Gasteiger partial charge in [-0.2, -0.15) is 0 Å². The van der Waals surface area contributed by atoms with Crippen molar-refractivity contribution in [3.8, 4) is 0 Å². The van der Waals surface area contributed by atoms with Gasteiger partial charge >= 0.3 is 0 Å². The molecular weight excluding hydrogens is 379 g/mol. The molecule has 1 aliphatic heterocycles. The Labute approximate surface area is 156 Å². The van der Waals surface area contributed by atoms with Crippen LogP contribution in [0.4, 0.5) is 13.2 Å². The number of benzene rings is 1. The number of alkyl halides is 1. The summed E-state index contributed by atoms with van der Waals surface area (Å²) in [4.78, 5) is 7.90. The molecule has 3 heterocycles. The van der Waals surface area contributed by atoms with Crippen molar-refractivity contribution >= 4 is 11.0 Å². The molecule has 28 heavy (non-hydrogen) atoms. The number of aliphatic hydroxyl groups is 3. The fourth-order valence-corrected chi connectivity index (χ4v) is 3.40. The number of fused-ring (bicyclic) bond motifs is 1. The second-order valence-corrected chi connectivity index (χ2v) is 6.51. The molecule has 5 unspecified atom stereocenters. The van der Waals surface area contributed by atoms with Crippen LogP contribution in [0.2, 0.25) is 0 Å². The minimum absolute atomic E-state index is 0.0183. The summed E-state index contributed by atoms with van der Waals surface area (Å²) in [6.07, 6.45) is -4.30. The van der Waals surface area contributed by atoms with E-state index in [0.717, 1.165) is 18.2 Å². The highest BCUT2D eigenvalue weighted by molar-refractivity contribution is 5.78. The second kappa shape index (κ2) is 7.13. The lowest BCUT2D eigenvalue weighted by Gasteiger charge is -2.21. The number of aliphatic hydroxyl groups excluding tert-OH is 3. The van der Waals surface area contributed by atoms with Crippen LogP contribution in [0.3, 0.4) is 0 Å². The smallest absolute Gasteiger partial charge is 0.164 e. The summed E-state index contributed by atoms with van der Waals surface area (Å²) in [5, 5.41) is 31.6. The minimum atomic E-state index is -1.53. The molecule has 0 spiro atoms. The van der Waals surface area contributed by atoms with Gasteiger partial charge in [0.1, 0.15) is 43.1 Å². The van der Waals surface area contributed by atoms with E-state index in [1.807, 2.05) is 0 Å². The quantitative estimate of drug-likeness (QED) is 0.620. The van der Waals surface area contributed by atoms with Crippen LogP contribution in [0.25, 0.3) is 11.0 Å². The van der Waals surface area contributed by atoms with Gasteiger partial charge in [-0.1, -0.05) is 6.07 Å². The Morgan fingerprint density at radius 1 is 1.11 bits per heavy atom. The first-order valence-electron chi connectivity index (χ1n) is 8.43. The average molecular weight is 395 g/mol. The number of hydrogen-bond donors (Lipinski definition) is 3. The average Bonchev–Trinajstić information content (AvgIpc) is 3.25. The second-order valence-electron chi connectivity index (χ2n) is 6.51. The third-order valence-electron chi connectivity index (χ3n) is 4.86. The molecule has 7 nitrogen and oxygen atoms in total. The van der Waals surface area contributed by atoms with Crippen molar-refractivity contribution in [2.24, 2.45) is 0 Å². The van der Waals surface area contributed by atoms with Crippen molar-refractivity contribution < 1.29 is 33.2 Å². The molecule has 1 fully saturated rings. The van der Waals surface area contributed by atoms with Gasteiger partial charge in [-0.15, -0.1) is 0 Å². The van der Waals surface area contributed by atoms with E-state index in [2.05, 4.69) is 9.97 Å². The number of ether oxygens (including phenoxy) is 1. The fourth-order valence-electron chi connectivity index (χ4n) is 3.40. The highest BCUT2D eigenvalue weighted by Gasteiger charge is 2.47. The van der Waals surface area contributed by atoms with E-state index >= 15 is 0 Å². The normalized spacial score (nSPS) is 26.1. The zero-order valence-electron chi connectivity index (χ0n) is 14.3. The standard InChI is InChI=1S/C18H16F3N3O4/c19-6-12-9-3-4-24(17(9)23-7-22-12)18-15(27)14(26)16(28-18)13(25)8-1-2-10(20)11(21)5-8/h1-5,7,13-16,18,25-27H,6H2. The van der Waals surface area contributed by atoms with Crippen LogP contribution in [-0.2, 0) is 11.4 Å². The summed E-state index contributed by atoms with van der Waals surface area (Å²) in [6, 6.07) is 4.34. The summed E-state index contributed by atoms with van der Waals surface area (Å²) in [6.45, 7) is -0.808. The molecule has 5 atom stereocenters. The Kier molecular flexibility index (Phi) is 4.79. The topological polar surface area (TPSA) is 101 Å². The molecule has 3 N–H and O–H groups in total. The maximum Gasteiger partial charge on any atom is 0.164 e. The number of halogens is 3. The lowest BCUT2D eigenvalue weighted by atomic mass is 9.99. The first-order valence-corrected chi connectivity index (χ1v) is 8.43. The lowest BCUT2D eigenvalue weighted by molar-refractivity contribution is -0.0849. The van der Waals surface area contributed by atoms with Crippen LogP contribution in [0, 0.1) is 11.6 Å². The Morgan fingerprint density at radius 2 is 1.89 bits per heavy atom. The van der Waals surface area contributed by atoms with E-state index in [1.54, 1.807) is 6.07 Å². The van der Waals surface area contributed by atoms with Crippen LogP contribution in [0.1, 0.15) is 23.6 Å². The largest absolute Gasteiger partial charge is 0.387 e. The molecule has 0 saturated carbocycles. The van der Waals surface area contributed by atoms with Gasteiger partial charge in [-0.3, -0.25) is 0 Å². The minimum Gasteiger partial charge on any atom is -0.387 e. The lowest BCUT2D eigenvalue weighted by Crippen LogP contribution is -2.34. The summed E-state index contributed by atoms with van der Waals surface area (Å²) in [5.41, 5.74) is 0.423. The van der Waals surface area contributed by atoms with Crippen LogP contribution in [-0.4, -0.2) is 48.2 Å². The van der Waals surface area contributed by atoms with E-state index in [-0.39, 0.29) is 16.9 Å². The zero-order chi connectivity index (χ0) is 20.0. The highest BCUT2D eigenvalue weighted by Crippen LogP contribution is 2.37. The molecule has 10 heteroatoms. The molecule has 2 aromatic heterocycles. The molecule has 1 saturated heterocycles. The maximum atomic E-state index is 13.5. The summed E-state index contributed by atoms with van der Waals surface area (Å²) in [5.74, 6) is -2.24. The van der Waals surface area contributed by atoms with Gasteiger partial charge in [-0.05, 0) is 23.8 Å². The molecular formula is C18H16F3N3O4. The van der Waals surface area contributed by atoms with Crippen LogP contribution in [0.15, 0.2) is 36.8 Å². The fraction of sp³-hybridized carbons (Fsp3) is 0.333. The van der Waals surface area contributed by atoms with Crippen molar-refractivity contribution in [3.63, 3.8) is 0 Å². The first-order chi connectivity index (χ1) is 13.4. The van der Waals surface area contributed by atoms with E-state index in [9.17, 15) is 28.5 Å². The molecule has 1 aromatic carbocycles. The molecule has 1 aliphatic rings. The van der Waals surface area contributed by atoms with Crippen molar-refractivity contribution in [2.45, 2.75) is 37.3 Å². The van der Waals surface area contributed by atoms with E-state index in [0.29, 0.717) is 5.39 Å². The maximum absolute atomic E-state index is 13.5. The predicted octanol–water partition coefficient (Wildman–Crippen LogP) is 1.53. The number of aromatic nitrogens is 3. The van der Waals surface area contributed by atoms with Gasteiger partial charge in [0.25, 0.3) is 0 Å². The SMILES string of the molecule is OC(c1ccc(F)c(F)c1)C1OC(n2ccc3c(CF)ncnc32)C(O)C1O. The zero-order valence-corrected chi connectivity index (χ0v) is 14.3. The number of rotatable bonds is 4. The van der Waals surface area contributed by atoms with E-state index in [4.69, 9.17) is 4.74 Å². The van der Waals surface area contributed by atoms with Crippen molar-refractivity contribution in [2.75, 3.05) is 0 Å². The molecule has 0 aliphatic carbocycles. The van der Waals surface area contributed by atoms with Crippen LogP contribution >= 0.6 is 0 Å². The van der Waals surface area contributed by atoms with E-state index in [1.165, 1.54) is 17.1 Å². The molecule has 0 amide bonds. The number of hydrogen-bond acceptors (Lipinski definition) is 6.